The number of rotatable bonds is 4. The predicted octanol–water partition coefficient (Wildman–Crippen LogP) is -0.480. The quantitative estimate of drug-likeness (QED) is 0.613. The van der Waals surface area contributed by atoms with E-state index in [1.807, 2.05) is 20.8 Å². The molecule has 2 aliphatic rings. The lowest BCUT2D eigenvalue weighted by Gasteiger charge is -2.36. The Bertz CT molecular complexity index is 567. The maximum atomic E-state index is 13.0. The van der Waals surface area contributed by atoms with Crippen molar-refractivity contribution in [2.45, 2.75) is 51.6 Å². The molecule has 8 nitrogen and oxygen atoms in total. The van der Waals surface area contributed by atoms with Gasteiger partial charge in [-0.1, -0.05) is 20.8 Å². The van der Waals surface area contributed by atoms with Crippen LogP contribution in [0.3, 0.4) is 0 Å². The lowest BCUT2D eigenvalue weighted by molar-refractivity contribution is -0.885. The fraction of sp³-hybridized carbons (Fsp3) is 0.842. The maximum Gasteiger partial charge on any atom is 0.318 e. The Kier molecular flexibility index (Phi) is 7.06. The van der Waals surface area contributed by atoms with Crippen LogP contribution in [0.15, 0.2) is 0 Å². The number of nitrogens with one attached hydrogen (secondary N) is 3. The lowest BCUT2D eigenvalue weighted by Crippen LogP contribution is -3.11. The second-order valence-corrected chi connectivity index (χ2v) is 9.01. The highest BCUT2D eigenvalue weighted by atomic mass is 16.5. The average Bonchev–Trinajstić information content (AvgIpc) is 2.63. The predicted molar refractivity (Wildman–Crippen MR) is 101 cm³/mol. The SMILES string of the molecule is C[NH+]1CCC(C#N)(NC(=O)[C@H](CC(C)(C)C)NC(=O)N2CCOCC2)CC1. The minimum atomic E-state index is -0.837. The van der Waals surface area contributed by atoms with Crippen molar-refractivity contribution in [3.63, 3.8) is 0 Å². The number of likely N-dealkylation sites (tertiary alicyclic amines) is 1. The van der Waals surface area contributed by atoms with Gasteiger partial charge in [0.15, 0.2) is 0 Å². The summed E-state index contributed by atoms with van der Waals surface area (Å²) in [6, 6.07) is 1.40. The van der Waals surface area contributed by atoms with Crippen LogP contribution in [0.4, 0.5) is 4.79 Å². The van der Waals surface area contributed by atoms with Gasteiger partial charge in [0.2, 0.25) is 5.91 Å². The van der Waals surface area contributed by atoms with Gasteiger partial charge in [-0.3, -0.25) is 4.79 Å². The molecule has 0 aromatic heterocycles. The monoisotopic (exact) mass is 380 g/mol. The molecule has 0 spiro atoms. The van der Waals surface area contributed by atoms with Gasteiger partial charge >= 0.3 is 6.03 Å². The number of urea groups is 1. The van der Waals surface area contributed by atoms with E-state index < -0.39 is 11.6 Å². The number of carbonyl (C=O) groups is 2. The van der Waals surface area contributed by atoms with Crippen LogP contribution >= 0.6 is 0 Å². The summed E-state index contributed by atoms with van der Waals surface area (Å²) in [7, 11) is 2.09. The van der Waals surface area contributed by atoms with Crippen LogP contribution in [-0.2, 0) is 9.53 Å². The highest BCUT2D eigenvalue weighted by Crippen LogP contribution is 2.23. The first-order chi connectivity index (χ1) is 12.6. The number of ether oxygens (including phenoxy) is 1. The molecule has 27 heavy (non-hydrogen) atoms. The Morgan fingerprint density at radius 2 is 1.85 bits per heavy atom. The fourth-order valence-electron chi connectivity index (χ4n) is 3.52. The molecule has 152 valence electrons. The molecule has 0 aromatic carbocycles. The van der Waals surface area contributed by atoms with E-state index in [9.17, 15) is 14.9 Å². The van der Waals surface area contributed by atoms with Crippen molar-refractivity contribution in [2.24, 2.45) is 5.41 Å². The van der Waals surface area contributed by atoms with E-state index in [4.69, 9.17) is 4.74 Å². The number of quaternary nitrogens is 1. The molecule has 2 saturated heterocycles. The van der Waals surface area contributed by atoms with Gasteiger partial charge in [0.1, 0.15) is 11.6 Å². The first-order valence-corrected chi connectivity index (χ1v) is 9.82. The number of nitriles is 1. The molecule has 0 bridgehead atoms. The Morgan fingerprint density at radius 1 is 1.26 bits per heavy atom. The van der Waals surface area contributed by atoms with Crippen LogP contribution in [0, 0.1) is 16.7 Å². The van der Waals surface area contributed by atoms with E-state index in [1.54, 1.807) is 4.90 Å². The molecule has 8 heteroatoms. The molecular formula is C19H34N5O3+. The number of hydrogen-bond donors (Lipinski definition) is 3. The van der Waals surface area contributed by atoms with E-state index in [0.717, 1.165) is 13.1 Å². The molecule has 1 atom stereocenters. The molecule has 3 amide bonds. The minimum Gasteiger partial charge on any atom is -0.378 e. The molecule has 0 aliphatic carbocycles. The summed E-state index contributed by atoms with van der Waals surface area (Å²) in [5.41, 5.74) is -0.979. The van der Waals surface area contributed by atoms with Crippen molar-refractivity contribution in [1.82, 2.24) is 15.5 Å². The van der Waals surface area contributed by atoms with Crippen molar-refractivity contribution in [2.75, 3.05) is 46.4 Å². The van der Waals surface area contributed by atoms with Crippen molar-refractivity contribution in [3.8, 4) is 6.07 Å². The molecule has 0 radical (unpaired) electrons. The van der Waals surface area contributed by atoms with Crippen LogP contribution in [0.5, 0.6) is 0 Å². The van der Waals surface area contributed by atoms with E-state index in [-0.39, 0.29) is 17.4 Å². The van der Waals surface area contributed by atoms with Gasteiger partial charge in [-0.25, -0.2) is 4.79 Å². The van der Waals surface area contributed by atoms with Gasteiger partial charge in [-0.05, 0) is 11.8 Å². The van der Waals surface area contributed by atoms with Gasteiger partial charge in [0, 0.05) is 25.9 Å². The number of piperidine rings is 1. The van der Waals surface area contributed by atoms with Crippen LogP contribution in [0.1, 0.15) is 40.0 Å². The Hall–Kier alpha value is -1.85. The summed E-state index contributed by atoms with van der Waals surface area (Å²) in [4.78, 5) is 28.7. The van der Waals surface area contributed by atoms with E-state index in [1.165, 1.54) is 4.90 Å². The normalized spacial score (nSPS) is 27.4. The molecule has 2 heterocycles. The Balaban J connectivity index is 2.06. The minimum absolute atomic E-state index is 0.142. The fourth-order valence-corrected chi connectivity index (χ4v) is 3.52. The van der Waals surface area contributed by atoms with Crippen molar-refractivity contribution < 1.29 is 19.2 Å². The highest BCUT2D eigenvalue weighted by Gasteiger charge is 2.40. The Morgan fingerprint density at radius 3 is 2.37 bits per heavy atom. The summed E-state index contributed by atoms with van der Waals surface area (Å²) in [6.07, 6.45) is 1.75. The van der Waals surface area contributed by atoms with E-state index in [0.29, 0.717) is 45.6 Å². The average molecular weight is 381 g/mol. The first-order valence-electron chi connectivity index (χ1n) is 9.82. The summed E-state index contributed by atoms with van der Waals surface area (Å²) in [6.45, 7) is 9.86. The topological polar surface area (TPSA) is 98.9 Å². The number of morpholine rings is 1. The zero-order valence-corrected chi connectivity index (χ0v) is 17.1. The van der Waals surface area contributed by atoms with Gasteiger partial charge < -0.3 is 25.2 Å². The van der Waals surface area contributed by atoms with E-state index in [2.05, 4.69) is 23.8 Å². The number of nitrogens with zero attached hydrogens (tertiary/aromatic N) is 2. The lowest BCUT2D eigenvalue weighted by atomic mass is 9.85. The maximum absolute atomic E-state index is 13.0. The molecular weight excluding hydrogens is 346 g/mol. The standard InChI is InChI=1S/C19H33N5O3/c1-18(2,3)13-15(21-17(26)24-9-11-27-12-10-24)16(25)22-19(14-20)5-7-23(4)8-6-19/h15H,5-13H2,1-4H3,(H,21,26)(H,22,25)/p+1/t15-/m0/s1. The summed E-state index contributed by atoms with van der Waals surface area (Å²) in [5.74, 6) is -0.271. The number of amides is 3. The van der Waals surface area contributed by atoms with Crippen LogP contribution in [0.25, 0.3) is 0 Å². The van der Waals surface area contributed by atoms with Crippen molar-refractivity contribution in [1.29, 1.82) is 5.26 Å². The molecule has 3 N–H and O–H groups in total. The smallest absolute Gasteiger partial charge is 0.318 e. The number of carbonyl (C=O) groups excluding carboxylic acids is 2. The summed E-state index contributed by atoms with van der Waals surface area (Å²) >= 11 is 0. The van der Waals surface area contributed by atoms with Crippen LogP contribution in [0.2, 0.25) is 0 Å². The molecule has 2 rings (SSSR count). The summed E-state index contributed by atoms with van der Waals surface area (Å²) < 4.78 is 5.28. The molecule has 2 fully saturated rings. The van der Waals surface area contributed by atoms with Crippen LogP contribution in [-0.4, -0.2) is 74.9 Å². The third-order valence-corrected chi connectivity index (χ3v) is 5.26. The molecule has 0 unspecified atom stereocenters. The third kappa shape index (κ3) is 6.36. The molecule has 2 aliphatic heterocycles. The highest BCUT2D eigenvalue weighted by molar-refractivity contribution is 5.87. The second-order valence-electron chi connectivity index (χ2n) is 9.01. The third-order valence-electron chi connectivity index (χ3n) is 5.26. The van der Waals surface area contributed by atoms with Crippen molar-refractivity contribution >= 4 is 11.9 Å². The first kappa shape index (κ1) is 21.5. The van der Waals surface area contributed by atoms with E-state index >= 15 is 0 Å². The second kappa shape index (κ2) is 8.89. The van der Waals surface area contributed by atoms with Gasteiger partial charge in [0.05, 0.1) is 39.4 Å². The largest absolute Gasteiger partial charge is 0.378 e. The van der Waals surface area contributed by atoms with Crippen LogP contribution < -0.4 is 15.5 Å². The van der Waals surface area contributed by atoms with Gasteiger partial charge in [-0.2, -0.15) is 5.26 Å². The molecule has 0 saturated carbocycles. The zero-order chi connectivity index (χ0) is 20.1. The molecule has 0 aromatic rings. The Labute approximate surface area is 162 Å². The zero-order valence-electron chi connectivity index (χ0n) is 17.1. The number of hydrogen-bond acceptors (Lipinski definition) is 4. The van der Waals surface area contributed by atoms with Gasteiger partial charge in [-0.15, -0.1) is 0 Å². The van der Waals surface area contributed by atoms with Gasteiger partial charge in [0.25, 0.3) is 0 Å². The summed E-state index contributed by atoms with van der Waals surface area (Å²) in [5, 5.41) is 15.5. The van der Waals surface area contributed by atoms with Crippen molar-refractivity contribution in [3.05, 3.63) is 0 Å².